The lowest BCUT2D eigenvalue weighted by atomic mass is 10.2. The van der Waals surface area contributed by atoms with E-state index in [1.54, 1.807) is 31.3 Å². The smallest absolute Gasteiger partial charge is 0.421 e. The lowest BCUT2D eigenvalue weighted by Gasteiger charge is -2.25. The van der Waals surface area contributed by atoms with Crippen molar-refractivity contribution in [1.29, 1.82) is 0 Å². The van der Waals surface area contributed by atoms with Crippen molar-refractivity contribution in [3.05, 3.63) is 36.0 Å². The molecule has 0 radical (unpaired) electrons. The molecule has 0 saturated heterocycles. The summed E-state index contributed by atoms with van der Waals surface area (Å²) in [6.07, 6.45) is 4.18. The van der Waals surface area contributed by atoms with Crippen molar-refractivity contribution in [3.8, 4) is 11.8 Å². The van der Waals surface area contributed by atoms with Gasteiger partial charge < -0.3 is 14.4 Å². The number of ether oxygens (including phenoxy) is 2. The van der Waals surface area contributed by atoms with Crippen molar-refractivity contribution < 1.29 is 22.6 Å². The fourth-order valence-corrected chi connectivity index (χ4v) is 3.71. The van der Waals surface area contributed by atoms with E-state index in [9.17, 15) is 13.2 Å². The van der Waals surface area contributed by atoms with Gasteiger partial charge in [0.05, 0.1) is 12.3 Å². The first-order chi connectivity index (χ1) is 14.9. The predicted molar refractivity (Wildman–Crippen MR) is 114 cm³/mol. The number of para-hydroxylation sites is 2. The number of aromatic nitrogens is 2. The summed E-state index contributed by atoms with van der Waals surface area (Å²) < 4.78 is 52.8. The number of halogens is 3. The number of rotatable bonds is 10. The summed E-state index contributed by atoms with van der Waals surface area (Å²) in [5.41, 5.74) is -0.402. The zero-order valence-corrected chi connectivity index (χ0v) is 18.1. The Morgan fingerprint density at radius 2 is 1.84 bits per heavy atom. The van der Waals surface area contributed by atoms with Gasteiger partial charge in [0.1, 0.15) is 17.4 Å². The lowest BCUT2D eigenvalue weighted by molar-refractivity contribution is -0.137. The van der Waals surface area contributed by atoms with Crippen molar-refractivity contribution in [1.82, 2.24) is 9.97 Å². The van der Waals surface area contributed by atoms with Crippen molar-refractivity contribution >= 4 is 11.5 Å². The SMILES string of the molecule is CCCCCCOc1ccccc1N(C)c1nc(OC2CCCC2)ncc1C(F)(F)F. The second-order valence-electron chi connectivity index (χ2n) is 7.85. The van der Waals surface area contributed by atoms with Gasteiger partial charge in [-0.05, 0) is 44.2 Å². The minimum Gasteiger partial charge on any atom is -0.491 e. The largest absolute Gasteiger partial charge is 0.491 e. The van der Waals surface area contributed by atoms with Gasteiger partial charge in [-0.3, -0.25) is 0 Å². The molecule has 3 rings (SSSR count). The number of alkyl halides is 3. The molecule has 0 unspecified atom stereocenters. The van der Waals surface area contributed by atoms with Gasteiger partial charge in [-0.2, -0.15) is 18.2 Å². The van der Waals surface area contributed by atoms with Crippen LogP contribution in [0.3, 0.4) is 0 Å². The Hall–Kier alpha value is -2.51. The molecule has 31 heavy (non-hydrogen) atoms. The van der Waals surface area contributed by atoms with Gasteiger partial charge in [-0.25, -0.2) is 4.98 Å². The van der Waals surface area contributed by atoms with Gasteiger partial charge in [0.15, 0.2) is 5.82 Å². The number of nitrogens with zero attached hydrogens (tertiary/aromatic N) is 3. The van der Waals surface area contributed by atoms with Crippen molar-refractivity contribution in [3.63, 3.8) is 0 Å². The van der Waals surface area contributed by atoms with Crippen LogP contribution in [0.2, 0.25) is 0 Å². The fourth-order valence-electron chi connectivity index (χ4n) is 3.71. The van der Waals surface area contributed by atoms with E-state index in [0.717, 1.165) is 57.6 Å². The maximum Gasteiger partial charge on any atom is 0.421 e. The monoisotopic (exact) mass is 437 g/mol. The average molecular weight is 438 g/mol. The van der Waals surface area contributed by atoms with E-state index < -0.39 is 11.7 Å². The molecule has 1 aliphatic rings. The molecule has 1 fully saturated rings. The summed E-state index contributed by atoms with van der Waals surface area (Å²) in [5.74, 6) is 0.268. The van der Waals surface area contributed by atoms with Crippen LogP contribution in [0.15, 0.2) is 30.5 Å². The van der Waals surface area contributed by atoms with E-state index in [1.807, 2.05) is 0 Å². The molecule has 0 spiro atoms. The Bertz CT molecular complexity index is 839. The maximum absolute atomic E-state index is 13.7. The first-order valence-corrected chi connectivity index (χ1v) is 11.0. The Labute approximate surface area is 181 Å². The van der Waals surface area contributed by atoms with Crippen LogP contribution < -0.4 is 14.4 Å². The lowest BCUT2D eigenvalue weighted by Crippen LogP contribution is -2.21. The van der Waals surface area contributed by atoms with Crippen LogP contribution in [-0.4, -0.2) is 29.7 Å². The standard InChI is InChI=1S/C23H30F3N3O2/c1-3-4-5-10-15-30-20-14-9-8-13-19(20)29(2)21-18(23(24,25)26)16-27-22(28-21)31-17-11-6-7-12-17/h8-9,13-14,16-17H,3-7,10-12,15H2,1-2H3. The molecule has 170 valence electrons. The van der Waals surface area contributed by atoms with Crippen LogP contribution in [0.4, 0.5) is 24.7 Å². The highest BCUT2D eigenvalue weighted by atomic mass is 19.4. The van der Waals surface area contributed by atoms with Gasteiger partial charge in [0.2, 0.25) is 0 Å². The summed E-state index contributed by atoms with van der Waals surface area (Å²) in [5, 5.41) is 0. The van der Waals surface area contributed by atoms with Gasteiger partial charge in [-0.1, -0.05) is 38.3 Å². The zero-order chi connectivity index (χ0) is 22.3. The zero-order valence-electron chi connectivity index (χ0n) is 18.1. The average Bonchev–Trinajstić information content (AvgIpc) is 3.25. The third-order valence-corrected chi connectivity index (χ3v) is 5.43. The second kappa shape index (κ2) is 10.7. The Morgan fingerprint density at radius 3 is 2.55 bits per heavy atom. The molecule has 1 heterocycles. The molecule has 1 saturated carbocycles. The summed E-state index contributed by atoms with van der Waals surface area (Å²) in [6, 6.07) is 7.02. The number of anilines is 2. The van der Waals surface area contributed by atoms with E-state index in [4.69, 9.17) is 9.47 Å². The van der Waals surface area contributed by atoms with E-state index in [1.165, 1.54) is 4.90 Å². The number of hydrogen-bond donors (Lipinski definition) is 0. The van der Waals surface area contributed by atoms with Crippen molar-refractivity contribution in [2.45, 2.75) is 70.6 Å². The van der Waals surface area contributed by atoms with E-state index >= 15 is 0 Å². The molecule has 0 bridgehead atoms. The van der Waals surface area contributed by atoms with Crippen molar-refractivity contribution in [2.24, 2.45) is 0 Å². The number of unbranched alkanes of at least 4 members (excludes halogenated alkanes) is 3. The molecule has 0 amide bonds. The Balaban J connectivity index is 1.86. The molecule has 0 atom stereocenters. The van der Waals surface area contributed by atoms with Crippen LogP contribution in [0.25, 0.3) is 0 Å². The molecule has 0 aliphatic heterocycles. The quantitative estimate of drug-likeness (QED) is 0.395. The minimum atomic E-state index is -4.59. The molecule has 0 N–H and O–H groups in total. The van der Waals surface area contributed by atoms with E-state index in [-0.39, 0.29) is 17.9 Å². The molecule has 1 aliphatic carbocycles. The maximum atomic E-state index is 13.7. The summed E-state index contributed by atoms with van der Waals surface area (Å²) >= 11 is 0. The highest BCUT2D eigenvalue weighted by Crippen LogP contribution is 2.40. The first kappa shape index (κ1) is 23.2. The molecule has 8 heteroatoms. The van der Waals surface area contributed by atoms with E-state index in [0.29, 0.717) is 18.0 Å². The van der Waals surface area contributed by atoms with Gasteiger partial charge in [0.25, 0.3) is 0 Å². The molecule has 2 aromatic rings. The van der Waals surface area contributed by atoms with Crippen LogP contribution in [0.1, 0.15) is 63.9 Å². The number of benzene rings is 1. The molecule has 5 nitrogen and oxygen atoms in total. The molecular formula is C23H30F3N3O2. The van der Waals surface area contributed by atoms with Gasteiger partial charge >= 0.3 is 12.2 Å². The Morgan fingerprint density at radius 1 is 1.10 bits per heavy atom. The van der Waals surface area contributed by atoms with Gasteiger partial charge in [-0.15, -0.1) is 0 Å². The topological polar surface area (TPSA) is 47.5 Å². The normalized spacial score (nSPS) is 14.6. The first-order valence-electron chi connectivity index (χ1n) is 11.0. The summed E-state index contributed by atoms with van der Waals surface area (Å²) in [7, 11) is 1.55. The van der Waals surface area contributed by atoms with Gasteiger partial charge in [0, 0.05) is 13.2 Å². The number of hydrogen-bond acceptors (Lipinski definition) is 5. The third-order valence-electron chi connectivity index (χ3n) is 5.43. The molecular weight excluding hydrogens is 407 g/mol. The van der Waals surface area contributed by atoms with Crippen LogP contribution >= 0.6 is 0 Å². The highest BCUT2D eigenvalue weighted by molar-refractivity contribution is 5.68. The summed E-state index contributed by atoms with van der Waals surface area (Å²) in [4.78, 5) is 9.39. The summed E-state index contributed by atoms with van der Waals surface area (Å²) in [6.45, 7) is 2.65. The van der Waals surface area contributed by atoms with Crippen molar-refractivity contribution in [2.75, 3.05) is 18.6 Å². The van der Waals surface area contributed by atoms with Crippen LogP contribution in [0, 0.1) is 0 Å². The second-order valence-corrected chi connectivity index (χ2v) is 7.85. The molecule has 1 aromatic carbocycles. The predicted octanol–water partition coefficient (Wildman–Crippen LogP) is 6.54. The molecule has 1 aromatic heterocycles. The minimum absolute atomic E-state index is 0.0280. The highest BCUT2D eigenvalue weighted by Gasteiger charge is 2.37. The Kier molecular flexibility index (Phi) is 7.98. The van der Waals surface area contributed by atoms with E-state index in [2.05, 4.69) is 16.9 Å². The van der Waals surface area contributed by atoms with Crippen LogP contribution in [0.5, 0.6) is 11.8 Å². The van der Waals surface area contributed by atoms with Crippen LogP contribution in [-0.2, 0) is 6.18 Å². The third kappa shape index (κ3) is 6.24. The fraction of sp³-hybridized carbons (Fsp3) is 0.565.